The molecule has 4 aliphatic rings. The van der Waals surface area contributed by atoms with Crippen LogP contribution in [0.15, 0.2) is 11.6 Å². The first kappa shape index (κ1) is 19.0. The van der Waals surface area contributed by atoms with Crippen LogP contribution in [0, 0.1) is 46.3 Å². The third-order valence-corrected chi connectivity index (χ3v) is 8.95. The quantitative estimate of drug-likeness (QED) is 0.370. The number of ketones is 1. The summed E-state index contributed by atoms with van der Waals surface area (Å²) in [6, 6.07) is 0. The summed E-state index contributed by atoms with van der Waals surface area (Å²) in [6.07, 6.45) is 10.6. The van der Waals surface area contributed by atoms with Crippen molar-refractivity contribution in [3.63, 3.8) is 0 Å². The fourth-order valence-electron chi connectivity index (χ4n) is 7.11. The number of allylic oxidation sites excluding steroid dienone is 1. The van der Waals surface area contributed by atoms with Crippen LogP contribution in [0.1, 0.15) is 58.3 Å². The van der Waals surface area contributed by atoms with E-state index in [0.717, 1.165) is 31.6 Å². The molecule has 0 aromatic heterocycles. The number of halogens is 2. The van der Waals surface area contributed by atoms with Gasteiger partial charge < -0.3 is 5.11 Å². The summed E-state index contributed by atoms with van der Waals surface area (Å²) in [7, 11) is 0. The van der Waals surface area contributed by atoms with Crippen LogP contribution in [-0.4, -0.2) is 21.8 Å². The Kier molecular flexibility index (Phi) is 5.08. The number of hydrogen-bond acceptors (Lipinski definition) is 2. The molecular weight excluding hydrogens is 412 g/mol. The van der Waals surface area contributed by atoms with Gasteiger partial charge in [-0.05, 0) is 85.6 Å². The van der Waals surface area contributed by atoms with Crippen molar-refractivity contribution < 1.29 is 9.90 Å². The highest BCUT2D eigenvalue weighted by atomic mass is 79.9. The molecule has 142 valence electrons. The summed E-state index contributed by atoms with van der Waals surface area (Å²) in [4.78, 5) is 12.5. The van der Waals surface area contributed by atoms with Gasteiger partial charge in [0.25, 0.3) is 0 Å². The maximum Gasteiger partial charge on any atom is 0.147 e. The first-order chi connectivity index (χ1) is 12.4. The van der Waals surface area contributed by atoms with Crippen molar-refractivity contribution in [1.82, 2.24) is 0 Å². The summed E-state index contributed by atoms with van der Waals surface area (Å²) in [6.45, 7) is 2.39. The average molecular weight is 440 g/mol. The van der Waals surface area contributed by atoms with E-state index < -0.39 is 5.60 Å². The highest BCUT2D eigenvalue weighted by Gasteiger charge is 2.57. The summed E-state index contributed by atoms with van der Waals surface area (Å²) >= 11 is 8.97. The molecular formula is C22H28BrClO2. The minimum Gasteiger partial charge on any atom is -0.377 e. The first-order valence-electron chi connectivity index (χ1n) is 10.0. The first-order valence-corrected chi connectivity index (χ1v) is 11.5. The molecule has 0 spiro atoms. The number of rotatable bonds is 2. The average Bonchev–Trinajstić information content (AvgIpc) is 2.98. The maximum absolute atomic E-state index is 12.5. The minimum atomic E-state index is -0.930. The molecule has 2 nitrogen and oxygen atoms in total. The molecule has 26 heavy (non-hydrogen) atoms. The molecule has 0 aliphatic heterocycles. The topological polar surface area (TPSA) is 37.3 Å². The second-order valence-electron chi connectivity index (χ2n) is 9.30. The molecule has 7 atom stereocenters. The monoisotopic (exact) mass is 438 g/mol. The molecule has 0 bridgehead atoms. The summed E-state index contributed by atoms with van der Waals surface area (Å²) in [5.41, 5.74) is 0.673. The zero-order valence-corrected chi connectivity index (χ0v) is 17.8. The number of alkyl halides is 1. The van der Waals surface area contributed by atoms with Crippen molar-refractivity contribution in [1.29, 1.82) is 0 Å². The molecule has 0 radical (unpaired) electrons. The van der Waals surface area contributed by atoms with Gasteiger partial charge in [0, 0.05) is 17.7 Å². The van der Waals surface area contributed by atoms with Gasteiger partial charge >= 0.3 is 0 Å². The van der Waals surface area contributed by atoms with Crippen LogP contribution in [0.25, 0.3) is 0 Å². The highest BCUT2D eigenvalue weighted by Crippen LogP contribution is 2.63. The maximum atomic E-state index is 12.5. The van der Waals surface area contributed by atoms with E-state index in [1.807, 2.05) is 0 Å². The van der Waals surface area contributed by atoms with E-state index in [9.17, 15) is 9.90 Å². The lowest BCUT2D eigenvalue weighted by atomic mass is 9.51. The van der Waals surface area contributed by atoms with Crippen LogP contribution in [0.2, 0.25) is 0 Å². The van der Waals surface area contributed by atoms with E-state index in [1.165, 1.54) is 24.8 Å². The Morgan fingerprint density at radius 3 is 2.85 bits per heavy atom. The smallest absolute Gasteiger partial charge is 0.147 e. The van der Waals surface area contributed by atoms with Gasteiger partial charge in [0.2, 0.25) is 0 Å². The van der Waals surface area contributed by atoms with Gasteiger partial charge in [0.05, 0.1) is 5.33 Å². The van der Waals surface area contributed by atoms with Gasteiger partial charge in [-0.3, -0.25) is 4.79 Å². The van der Waals surface area contributed by atoms with Crippen molar-refractivity contribution in [3.05, 3.63) is 11.6 Å². The van der Waals surface area contributed by atoms with Crippen molar-refractivity contribution in [2.24, 2.45) is 35.0 Å². The molecule has 4 aliphatic carbocycles. The third-order valence-electron chi connectivity index (χ3n) is 8.30. The lowest BCUT2D eigenvalue weighted by molar-refractivity contribution is -0.126. The number of Topliss-reactive ketones (excluding diaryl/α,β-unsaturated/α-hetero) is 1. The zero-order chi connectivity index (χ0) is 18.5. The molecule has 1 N–H and O–H groups in total. The molecule has 4 rings (SSSR count). The van der Waals surface area contributed by atoms with E-state index >= 15 is 0 Å². The summed E-state index contributed by atoms with van der Waals surface area (Å²) in [5, 5.41) is 13.6. The molecule has 3 saturated carbocycles. The van der Waals surface area contributed by atoms with Crippen LogP contribution < -0.4 is 0 Å². The minimum absolute atomic E-state index is 0.191. The second-order valence-corrected chi connectivity index (χ2v) is 10.0. The van der Waals surface area contributed by atoms with Gasteiger partial charge in [-0.1, -0.05) is 40.4 Å². The van der Waals surface area contributed by atoms with Crippen LogP contribution in [0.5, 0.6) is 0 Å². The zero-order valence-electron chi connectivity index (χ0n) is 15.4. The van der Waals surface area contributed by atoms with E-state index in [1.54, 1.807) is 0 Å². The summed E-state index contributed by atoms with van der Waals surface area (Å²) in [5.74, 6) is 6.18. The molecule has 0 unspecified atom stereocenters. The standard InChI is InChI=1S/C22H28BrClO2/c1-21-8-6-16-15-7-9-22(26,10-11-24)12-14(15)2-3-17(16)18(21)4-5-19(21)20(25)13-23/h2,15-19,26H,3-9,12-13H2,1H3/t15-,16+,17+,18-,19+,21-,22+/m0/s1. The van der Waals surface area contributed by atoms with Gasteiger partial charge in [-0.2, -0.15) is 0 Å². The number of fused-ring (bicyclic) bond motifs is 5. The van der Waals surface area contributed by atoms with Gasteiger partial charge in [-0.25, -0.2) is 0 Å². The van der Waals surface area contributed by atoms with Crippen LogP contribution in [0.4, 0.5) is 0 Å². The van der Waals surface area contributed by atoms with E-state index in [0.29, 0.717) is 35.3 Å². The van der Waals surface area contributed by atoms with E-state index in [4.69, 9.17) is 11.6 Å². The molecule has 0 saturated heterocycles. The molecule has 0 aromatic rings. The Balaban J connectivity index is 1.57. The third kappa shape index (κ3) is 2.92. The highest BCUT2D eigenvalue weighted by molar-refractivity contribution is 9.09. The van der Waals surface area contributed by atoms with Crippen molar-refractivity contribution >= 4 is 33.3 Å². The largest absolute Gasteiger partial charge is 0.377 e. The Labute approximate surface area is 170 Å². The Morgan fingerprint density at radius 1 is 1.31 bits per heavy atom. The van der Waals surface area contributed by atoms with Crippen LogP contribution in [0.3, 0.4) is 0 Å². The predicted octanol–water partition coefficient (Wildman–Crippen LogP) is 5.07. The molecule has 4 heteroatoms. The Bertz CT molecular complexity index is 692. The molecule has 0 amide bonds. The van der Waals surface area contributed by atoms with Crippen LogP contribution >= 0.6 is 27.5 Å². The molecule has 3 fully saturated rings. The number of carbonyl (C=O) groups excluding carboxylic acids is 1. The fraction of sp³-hybridized carbons (Fsp3) is 0.773. The molecule has 0 aromatic carbocycles. The SMILES string of the molecule is C[C@]12CC[C@H]3[C@@H](CC=C4C[C@](O)(C#CCl)CC[C@@H]43)[C@@H]1CC[C@@H]2C(=O)CBr. The van der Waals surface area contributed by atoms with Crippen molar-refractivity contribution in [2.75, 3.05) is 5.33 Å². The lowest BCUT2D eigenvalue weighted by Gasteiger charge is -2.54. The number of carbonyl (C=O) groups is 1. The number of hydrogen-bond donors (Lipinski definition) is 1. The fourth-order valence-corrected chi connectivity index (χ4v) is 7.68. The normalized spacial score (nSPS) is 46.9. The number of aliphatic hydroxyl groups is 1. The van der Waals surface area contributed by atoms with Crippen molar-refractivity contribution in [3.8, 4) is 11.3 Å². The predicted molar refractivity (Wildman–Crippen MR) is 108 cm³/mol. The summed E-state index contributed by atoms with van der Waals surface area (Å²) < 4.78 is 0. The molecule has 0 heterocycles. The van der Waals surface area contributed by atoms with Crippen LogP contribution in [-0.2, 0) is 4.79 Å². The van der Waals surface area contributed by atoms with Gasteiger partial charge in [0.1, 0.15) is 11.4 Å². The van der Waals surface area contributed by atoms with E-state index in [-0.39, 0.29) is 11.3 Å². The van der Waals surface area contributed by atoms with Gasteiger partial charge in [-0.15, -0.1) is 0 Å². The lowest BCUT2D eigenvalue weighted by Crippen LogP contribution is -2.48. The van der Waals surface area contributed by atoms with Gasteiger partial charge in [0.15, 0.2) is 0 Å². The van der Waals surface area contributed by atoms with E-state index in [2.05, 4.69) is 40.2 Å². The van der Waals surface area contributed by atoms with Crippen molar-refractivity contribution in [2.45, 2.75) is 63.9 Å². The Hall–Kier alpha value is -0.300. The Morgan fingerprint density at radius 2 is 2.12 bits per heavy atom. The second kappa shape index (κ2) is 6.94.